The molecule has 90 heavy (non-hydrogen) atoms. The number of phosphoric ester groups is 1. The molecule has 0 aliphatic carbocycles. The van der Waals surface area contributed by atoms with Crippen molar-refractivity contribution in [3.63, 3.8) is 0 Å². The van der Waals surface area contributed by atoms with Gasteiger partial charge in [-0.2, -0.15) is 0 Å². The second-order valence-corrected chi connectivity index (χ2v) is 28.6. The lowest BCUT2D eigenvalue weighted by atomic mass is 9.55. The van der Waals surface area contributed by atoms with Gasteiger partial charge in [0.1, 0.15) is 18.3 Å². The molecule has 27 nitrogen and oxygen atoms in total. The third-order valence-corrected chi connectivity index (χ3v) is 21.9. The van der Waals surface area contributed by atoms with E-state index in [1.165, 1.54) is 6.92 Å². The number of rotatable bonds is 26. The molecule has 1 aromatic rings. The van der Waals surface area contributed by atoms with Crippen LogP contribution in [-0.4, -0.2) is 141 Å². The maximum absolute atomic E-state index is 14.4. The van der Waals surface area contributed by atoms with E-state index in [2.05, 4.69) is 16.0 Å². The van der Waals surface area contributed by atoms with E-state index in [0.29, 0.717) is 45.4 Å². The number of aryl methyl sites for hydroxylation is 2. The van der Waals surface area contributed by atoms with Crippen LogP contribution >= 0.6 is 7.82 Å². The zero-order chi connectivity index (χ0) is 66.7. The lowest BCUT2D eigenvalue weighted by molar-refractivity contribution is -0.137. The van der Waals surface area contributed by atoms with Crippen LogP contribution in [0, 0.1) is 59.2 Å². The van der Waals surface area contributed by atoms with Gasteiger partial charge in [0.15, 0.2) is 6.23 Å². The van der Waals surface area contributed by atoms with Gasteiger partial charge in [-0.25, -0.2) is 4.57 Å². The van der Waals surface area contributed by atoms with Gasteiger partial charge in [-0.3, -0.25) is 57.6 Å². The first-order chi connectivity index (χ1) is 41.8. The molecule has 8 rings (SSSR count). The van der Waals surface area contributed by atoms with Crippen molar-refractivity contribution in [1.82, 2.24) is 10.6 Å². The van der Waals surface area contributed by atoms with E-state index in [1.807, 2.05) is 66.7 Å². The summed E-state index contributed by atoms with van der Waals surface area (Å²) in [5.74, 6) is -7.88. The Bertz CT molecular complexity index is 3380. The van der Waals surface area contributed by atoms with Gasteiger partial charge in [-0.1, -0.05) is 34.6 Å². The minimum absolute atomic E-state index is 0.0232. The Morgan fingerprint density at radius 3 is 2.06 bits per heavy atom. The third-order valence-electron chi connectivity index (χ3n) is 20.8. The minimum Gasteiger partial charge on any atom is -0.481 e. The quantitative estimate of drug-likeness (QED) is 0.0591. The normalized spacial score (nSPS) is 32.5. The second kappa shape index (κ2) is 25.7. The minimum atomic E-state index is -5.06. The lowest BCUT2D eigenvalue weighted by Gasteiger charge is -2.48. The molecule has 2 fully saturated rings. The number of ether oxygens (including phenoxy) is 1. The average molecular weight is 1280 g/mol. The molecule has 7 aliphatic heterocycles. The molecular weight excluding hydrogens is 1180 g/mol. The summed E-state index contributed by atoms with van der Waals surface area (Å²) >= 11 is 0. The Hall–Kier alpha value is -6.87. The van der Waals surface area contributed by atoms with Crippen molar-refractivity contribution in [2.45, 2.75) is 189 Å². The predicted octanol–water partition coefficient (Wildman–Crippen LogP) is 3.43. The van der Waals surface area contributed by atoms with Crippen LogP contribution in [0.25, 0.3) is 0 Å². The summed E-state index contributed by atoms with van der Waals surface area (Å²) < 4.78 is 30.8. The highest BCUT2D eigenvalue weighted by Gasteiger charge is 2.66. The van der Waals surface area contributed by atoms with Gasteiger partial charge in [-0.05, 0) is 108 Å². The molecule has 0 saturated carbocycles. The molecule has 15 atom stereocenters. The van der Waals surface area contributed by atoms with Crippen molar-refractivity contribution in [1.29, 1.82) is 0 Å². The highest BCUT2D eigenvalue weighted by molar-refractivity contribution is 7.47. The number of hydrogen-bond acceptors (Lipinski definition) is 19. The molecule has 1 aromatic carbocycles. The topological polar surface area (TPSA) is 452 Å². The first-order valence-electron chi connectivity index (χ1n) is 30.7. The highest BCUT2D eigenvalue weighted by Crippen LogP contribution is 2.63. The highest BCUT2D eigenvalue weighted by atomic mass is 31.2. The number of carbonyl (C=O) groups is 7. The summed E-state index contributed by atoms with van der Waals surface area (Å²) in [6.07, 6.45) is -6.02. The number of fused-ring (bicyclic) bond motifs is 7. The summed E-state index contributed by atoms with van der Waals surface area (Å²) in [6.45, 7) is 19.4. The fraction of sp³-hybridized carbons (Fsp3) is 0.645. The SMILES string of the molecule is CC1=C2N=C(C=C3NC(=C(C)C4=N[C@@](C)([C@@H]5N=C1[C@](C)(CCC(=O)NC[C@@H](C)OP(=O)(O)O[C@H]1[C@@H](O)[C@@H](N6CNc7cc(C)c(C)cc76)O[C@@H]1CO)[C@H]5CC(N)=O)[C@@](C)(CC(N)=O)[C@@H]4CCC(=O)O)[C@@](C)(CC(N)=O)[C@@H]3CCC(N)=O)C(C)(C)[C@@H]2CCC(N)=O. The molecular formula is C62H91N12O15P. The van der Waals surface area contributed by atoms with Crippen molar-refractivity contribution in [3.8, 4) is 0 Å². The number of phosphoric acid groups is 1. The number of hydrogen-bond donors (Lipinski definition) is 12. The van der Waals surface area contributed by atoms with Gasteiger partial charge >= 0.3 is 13.8 Å². The number of aliphatic imine (C=N–C) groups is 3. The number of nitrogens with zero attached hydrogens (tertiary/aromatic N) is 4. The van der Waals surface area contributed by atoms with E-state index in [4.69, 9.17) is 57.4 Å². The number of nitrogens with one attached hydrogen (secondary N) is 3. The van der Waals surface area contributed by atoms with Crippen molar-refractivity contribution in [2.75, 3.05) is 30.0 Å². The number of carboxylic acids is 1. The zero-order valence-electron chi connectivity index (χ0n) is 53.3. The van der Waals surface area contributed by atoms with Crippen LogP contribution in [0.1, 0.15) is 144 Å². The number of benzene rings is 1. The molecule has 0 aromatic heterocycles. The van der Waals surface area contributed by atoms with Crippen LogP contribution in [0.5, 0.6) is 0 Å². The number of primary amides is 5. The Balaban J connectivity index is 1.19. The van der Waals surface area contributed by atoms with Crippen LogP contribution in [0.3, 0.4) is 0 Å². The maximum atomic E-state index is 14.4. The summed E-state index contributed by atoms with van der Waals surface area (Å²) in [7, 11) is -5.06. The smallest absolute Gasteiger partial charge is 0.472 e. The van der Waals surface area contributed by atoms with Crippen LogP contribution in [0.15, 0.2) is 61.4 Å². The van der Waals surface area contributed by atoms with E-state index in [1.54, 1.807) is 25.7 Å². The Morgan fingerprint density at radius 2 is 1.46 bits per heavy atom. The first-order valence-corrected chi connectivity index (χ1v) is 32.2. The van der Waals surface area contributed by atoms with Crippen LogP contribution in [-0.2, 0) is 51.9 Å². The van der Waals surface area contributed by atoms with E-state index >= 15 is 0 Å². The third kappa shape index (κ3) is 13.0. The number of carbonyl (C=O) groups excluding carboxylic acids is 6. The summed E-state index contributed by atoms with van der Waals surface area (Å²) in [6, 6.07) is 2.81. The van der Waals surface area contributed by atoms with Crippen molar-refractivity contribution < 1.29 is 72.1 Å². The van der Waals surface area contributed by atoms with Crippen molar-refractivity contribution in [3.05, 3.63) is 57.6 Å². The fourth-order valence-electron chi connectivity index (χ4n) is 15.6. The van der Waals surface area contributed by atoms with E-state index in [-0.39, 0.29) is 83.8 Å². The number of aliphatic carboxylic acids is 1. The van der Waals surface area contributed by atoms with E-state index in [9.17, 15) is 58.3 Å². The van der Waals surface area contributed by atoms with Crippen molar-refractivity contribution in [2.24, 2.45) is 89.0 Å². The van der Waals surface area contributed by atoms with Crippen molar-refractivity contribution >= 4 is 77.7 Å². The number of amides is 6. The number of carboxylic acid groups (broad SMARTS) is 1. The van der Waals surface area contributed by atoms with E-state index < -0.39 is 143 Å². The number of nitrogens with two attached hydrogens (primary N) is 5. The predicted molar refractivity (Wildman–Crippen MR) is 334 cm³/mol. The van der Waals surface area contributed by atoms with Gasteiger partial charge in [0.05, 0.1) is 42.3 Å². The number of anilines is 2. The molecule has 0 spiro atoms. The summed E-state index contributed by atoms with van der Waals surface area (Å²) in [5, 5.41) is 41.8. The zero-order valence-corrected chi connectivity index (χ0v) is 54.2. The molecule has 2 saturated heterocycles. The fourth-order valence-corrected chi connectivity index (χ4v) is 16.8. The van der Waals surface area contributed by atoms with Gasteiger partial charge in [0.2, 0.25) is 35.4 Å². The molecule has 6 amide bonds. The van der Waals surface area contributed by atoms with Gasteiger partial charge < -0.3 is 74.5 Å². The average Bonchev–Trinajstić information content (AvgIpc) is 1.53. The molecule has 17 N–H and O–H groups in total. The second-order valence-electron chi connectivity index (χ2n) is 27.2. The largest absolute Gasteiger partial charge is 0.481 e. The van der Waals surface area contributed by atoms with Gasteiger partial charge in [0.25, 0.3) is 0 Å². The molecule has 8 bridgehead atoms. The molecule has 0 radical (unpaired) electrons. The monoisotopic (exact) mass is 1270 g/mol. The summed E-state index contributed by atoms with van der Waals surface area (Å²) in [5.41, 5.74) is 31.4. The molecule has 7 aliphatic rings. The van der Waals surface area contributed by atoms with Crippen LogP contribution in [0.4, 0.5) is 11.4 Å². The van der Waals surface area contributed by atoms with Crippen LogP contribution in [0.2, 0.25) is 0 Å². The molecule has 7 heterocycles. The summed E-state index contributed by atoms with van der Waals surface area (Å²) in [4.78, 5) is 123. The number of allylic oxidation sites excluding steroid dienone is 6. The first kappa shape index (κ1) is 69.0. The number of aliphatic hydroxyl groups is 2. The van der Waals surface area contributed by atoms with Gasteiger partial charge in [0, 0.05) is 131 Å². The maximum Gasteiger partial charge on any atom is 0.472 e. The Kier molecular flexibility index (Phi) is 19.7. The Morgan fingerprint density at radius 1 is 0.833 bits per heavy atom. The van der Waals surface area contributed by atoms with Gasteiger partial charge in [-0.15, -0.1) is 0 Å². The molecule has 28 heteroatoms. The molecule has 494 valence electrons. The standard InChI is InChI=1S/C62H91N12O15P/c1-29-20-39-40(21-30(29)2)74(28-69-39)57-52(84)53(41(27-75)87-57)89-90(85,86)88-31(3)26-68-48(81)18-19-59(8)37(22-45(65)78)56-62(11)61(10,25-47(67)80)36(14-17-49(82)83)51(73-62)33(5)55-60(9,24-46(66)79)34(12-15-43(63)76)38(70-55)23-42-58(6,7)35(13-16-44(64)77)50(71-42)32(4)54(59)72-56/h20-21,23,31,34-37,41,52-53,56-57,69-70,75,84H,12-19,22,24-28H2,1-11H3,(H2,63,76)(H2,64,77)(H2,65,78)(H2,66,79)(H2,67,80)(H,68,81)(H,82,83)(H,85,86)/t31-,34-,35-,36-,37+,41-,52-,53-,56-,57+,59-,60+,61+,62+/m1/s1. The number of aliphatic hydroxyl groups excluding tert-OH is 2. The van der Waals surface area contributed by atoms with E-state index in [0.717, 1.165) is 22.5 Å². The lowest BCUT2D eigenvalue weighted by Crippen LogP contribution is -2.56. The van der Waals surface area contributed by atoms with Crippen LogP contribution < -0.4 is 49.5 Å². The Labute approximate surface area is 524 Å². The molecule has 1 unspecified atom stereocenters.